The van der Waals surface area contributed by atoms with Crippen LogP contribution in [0.3, 0.4) is 0 Å². The first-order valence-corrected chi connectivity index (χ1v) is 8.05. The van der Waals surface area contributed by atoms with E-state index in [0.717, 1.165) is 0 Å². The number of carboxylic acids is 1. The van der Waals surface area contributed by atoms with E-state index in [-0.39, 0.29) is 18.3 Å². The molecule has 0 saturated carbocycles. The molecule has 0 aliphatic heterocycles. The van der Waals surface area contributed by atoms with Crippen molar-refractivity contribution in [2.24, 2.45) is 0 Å². The molecule has 0 aliphatic carbocycles. The molecule has 1 amide bonds. The van der Waals surface area contributed by atoms with Crippen LogP contribution in [0.5, 0.6) is 11.5 Å². The topological polar surface area (TPSA) is 98.0 Å². The van der Waals surface area contributed by atoms with Gasteiger partial charge in [0.15, 0.2) is 0 Å². The third kappa shape index (κ3) is 4.66. The highest BCUT2D eigenvalue weighted by atomic mass is 16.5. The van der Waals surface area contributed by atoms with Crippen LogP contribution in [0.4, 0.5) is 5.69 Å². The zero-order valence-electron chi connectivity index (χ0n) is 14.5. The summed E-state index contributed by atoms with van der Waals surface area (Å²) in [5.74, 6) is 0.121. The molecule has 27 heavy (non-hydrogen) atoms. The van der Waals surface area contributed by atoms with Crippen LogP contribution in [0.15, 0.2) is 65.1 Å². The lowest BCUT2D eigenvalue weighted by molar-refractivity contribution is 0.0658. The number of furan rings is 1. The molecule has 2 aromatic carbocycles. The zero-order valence-corrected chi connectivity index (χ0v) is 14.5. The minimum Gasteiger partial charge on any atom is -0.497 e. The summed E-state index contributed by atoms with van der Waals surface area (Å²) in [4.78, 5) is 23.0. The van der Waals surface area contributed by atoms with Crippen LogP contribution in [-0.4, -0.2) is 24.1 Å². The molecule has 3 aromatic rings. The number of carbonyl (C=O) groups excluding carboxylic acids is 1. The third-order valence-electron chi connectivity index (χ3n) is 3.72. The number of ether oxygens (including phenoxy) is 2. The van der Waals surface area contributed by atoms with E-state index in [1.54, 1.807) is 61.7 Å². The van der Waals surface area contributed by atoms with Gasteiger partial charge in [-0.3, -0.25) is 4.79 Å². The maximum Gasteiger partial charge on any atom is 0.371 e. The fraction of sp³-hybridized carbons (Fsp3) is 0.100. The van der Waals surface area contributed by atoms with Crippen LogP contribution in [0.25, 0.3) is 0 Å². The maximum atomic E-state index is 12.3. The van der Waals surface area contributed by atoms with Gasteiger partial charge in [-0.1, -0.05) is 0 Å². The van der Waals surface area contributed by atoms with Crippen LogP contribution in [0.1, 0.15) is 26.7 Å². The van der Waals surface area contributed by atoms with Crippen LogP contribution < -0.4 is 14.8 Å². The molecule has 0 unspecified atom stereocenters. The summed E-state index contributed by atoms with van der Waals surface area (Å²) in [6, 6.07) is 16.5. The standard InChI is InChI=1S/C20H17NO6/c1-25-15-8-4-14(5-9-15)21-19(22)13-2-6-16(7-3-13)26-12-17-10-11-18(27-17)20(23)24/h2-11H,12H2,1H3,(H,21,22)(H,23,24). The Morgan fingerprint density at radius 3 is 2.22 bits per heavy atom. The minimum absolute atomic E-state index is 0.0880. The van der Waals surface area contributed by atoms with Gasteiger partial charge in [-0.15, -0.1) is 0 Å². The van der Waals surface area contributed by atoms with Gasteiger partial charge in [0, 0.05) is 11.3 Å². The number of aromatic carboxylic acids is 1. The van der Waals surface area contributed by atoms with E-state index in [0.29, 0.717) is 28.5 Å². The number of hydrogen-bond donors (Lipinski definition) is 2. The largest absolute Gasteiger partial charge is 0.497 e. The van der Waals surface area contributed by atoms with Gasteiger partial charge >= 0.3 is 5.97 Å². The molecular weight excluding hydrogens is 350 g/mol. The summed E-state index contributed by atoms with van der Waals surface area (Å²) in [5, 5.41) is 11.6. The van der Waals surface area contributed by atoms with Gasteiger partial charge in [-0.25, -0.2) is 4.79 Å². The van der Waals surface area contributed by atoms with Crippen molar-refractivity contribution in [3.05, 3.63) is 77.7 Å². The van der Waals surface area contributed by atoms with Crippen molar-refractivity contribution in [2.75, 3.05) is 12.4 Å². The van der Waals surface area contributed by atoms with Gasteiger partial charge in [0.25, 0.3) is 5.91 Å². The molecule has 7 nitrogen and oxygen atoms in total. The van der Waals surface area contributed by atoms with Crippen molar-refractivity contribution in [1.82, 2.24) is 0 Å². The number of methoxy groups -OCH3 is 1. The molecule has 138 valence electrons. The monoisotopic (exact) mass is 367 g/mol. The normalized spacial score (nSPS) is 10.3. The smallest absolute Gasteiger partial charge is 0.371 e. The molecule has 0 saturated heterocycles. The Morgan fingerprint density at radius 2 is 1.63 bits per heavy atom. The number of rotatable bonds is 7. The van der Waals surface area contributed by atoms with Gasteiger partial charge in [-0.05, 0) is 60.7 Å². The SMILES string of the molecule is COc1ccc(NC(=O)c2ccc(OCc3ccc(C(=O)O)o3)cc2)cc1. The molecule has 1 heterocycles. The first kappa shape index (κ1) is 18.1. The summed E-state index contributed by atoms with van der Waals surface area (Å²) < 4.78 is 15.7. The number of hydrogen-bond acceptors (Lipinski definition) is 5. The highest BCUT2D eigenvalue weighted by Crippen LogP contribution is 2.18. The lowest BCUT2D eigenvalue weighted by atomic mass is 10.2. The second-order valence-corrected chi connectivity index (χ2v) is 5.57. The fourth-order valence-electron chi connectivity index (χ4n) is 2.31. The van der Waals surface area contributed by atoms with E-state index >= 15 is 0 Å². The van der Waals surface area contributed by atoms with Crippen LogP contribution in [0, 0.1) is 0 Å². The molecule has 0 radical (unpaired) electrons. The van der Waals surface area contributed by atoms with E-state index in [9.17, 15) is 9.59 Å². The van der Waals surface area contributed by atoms with Crippen molar-refractivity contribution in [2.45, 2.75) is 6.61 Å². The molecule has 1 aromatic heterocycles. The highest BCUT2D eigenvalue weighted by Gasteiger charge is 2.10. The zero-order chi connectivity index (χ0) is 19.2. The second-order valence-electron chi connectivity index (χ2n) is 5.57. The van der Waals surface area contributed by atoms with Crippen molar-refractivity contribution >= 4 is 17.6 Å². The average Bonchev–Trinajstić information content (AvgIpc) is 3.17. The maximum absolute atomic E-state index is 12.3. The van der Waals surface area contributed by atoms with Crippen molar-refractivity contribution in [1.29, 1.82) is 0 Å². The number of benzene rings is 2. The highest BCUT2D eigenvalue weighted by molar-refractivity contribution is 6.04. The van der Waals surface area contributed by atoms with Crippen LogP contribution >= 0.6 is 0 Å². The van der Waals surface area contributed by atoms with Gasteiger partial charge in [-0.2, -0.15) is 0 Å². The molecule has 0 spiro atoms. The summed E-state index contributed by atoms with van der Waals surface area (Å²) in [5.41, 5.74) is 1.14. The first-order valence-electron chi connectivity index (χ1n) is 8.05. The Balaban J connectivity index is 1.56. The van der Waals surface area contributed by atoms with Gasteiger partial charge in [0.05, 0.1) is 7.11 Å². The van der Waals surface area contributed by atoms with Gasteiger partial charge in [0.1, 0.15) is 23.9 Å². The predicted molar refractivity (Wildman–Crippen MR) is 97.4 cm³/mol. The second kappa shape index (κ2) is 8.09. The number of carbonyl (C=O) groups is 2. The number of anilines is 1. The predicted octanol–water partition coefficient (Wildman–Crippen LogP) is 3.82. The van der Waals surface area contributed by atoms with Gasteiger partial charge < -0.3 is 24.3 Å². The average molecular weight is 367 g/mol. The number of carboxylic acid groups (broad SMARTS) is 1. The Hall–Kier alpha value is -3.74. The lowest BCUT2D eigenvalue weighted by Crippen LogP contribution is -2.11. The summed E-state index contributed by atoms with van der Waals surface area (Å²) >= 11 is 0. The molecule has 0 fully saturated rings. The Kier molecular flexibility index (Phi) is 5.41. The fourth-order valence-corrected chi connectivity index (χ4v) is 2.31. The molecule has 0 atom stereocenters. The van der Waals surface area contributed by atoms with Crippen molar-refractivity contribution < 1.29 is 28.6 Å². The van der Waals surface area contributed by atoms with Crippen LogP contribution in [-0.2, 0) is 6.61 Å². The summed E-state index contributed by atoms with van der Waals surface area (Å²) in [7, 11) is 1.58. The van der Waals surface area contributed by atoms with E-state index in [4.69, 9.17) is 19.0 Å². The summed E-state index contributed by atoms with van der Waals surface area (Å²) in [6.45, 7) is 0.0880. The molecule has 3 rings (SSSR count). The Bertz CT molecular complexity index is 928. The first-order chi connectivity index (χ1) is 13.0. The van der Waals surface area contributed by atoms with E-state index in [2.05, 4.69) is 5.32 Å². The van der Waals surface area contributed by atoms with Gasteiger partial charge in [0.2, 0.25) is 5.76 Å². The molecular formula is C20H17NO6. The Labute approximate surface area is 155 Å². The Morgan fingerprint density at radius 1 is 0.963 bits per heavy atom. The van der Waals surface area contributed by atoms with Crippen molar-refractivity contribution in [3.63, 3.8) is 0 Å². The van der Waals surface area contributed by atoms with E-state index in [1.807, 2.05) is 0 Å². The van der Waals surface area contributed by atoms with Crippen molar-refractivity contribution in [3.8, 4) is 11.5 Å². The summed E-state index contributed by atoms with van der Waals surface area (Å²) in [6.07, 6.45) is 0. The molecule has 0 bridgehead atoms. The quantitative estimate of drug-likeness (QED) is 0.659. The van der Waals surface area contributed by atoms with E-state index < -0.39 is 5.97 Å². The molecule has 2 N–H and O–H groups in total. The van der Waals surface area contributed by atoms with Crippen LogP contribution in [0.2, 0.25) is 0 Å². The number of amides is 1. The molecule has 0 aliphatic rings. The lowest BCUT2D eigenvalue weighted by Gasteiger charge is -2.08. The molecule has 7 heteroatoms. The minimum atomic E-state index is -1.13. The van der Waals surface area contributed by atoms with E-state index in [1.165, 1.54) is 6.07 Å². The third-order valence-corrected chi connectivity index (χ3v) is 3.72. The number of nitrogens with one attached hydrogen (secondary N) is 1.